The minimum Gasteiger partial charge on any atom is -0.337 e. The Bertz CT molecular complexity index is 739. The van der Waals surface area contributed by atoms with Crippen LogP contribution in [-0.4, -0.2) is 18.5 Å². The van der Waals surface area contributed by atoms with E-state index < -0.39 is 11.8 Å². The quantitative estimate of drug-likeness (QED) is 0.617. The van der Waals surface area contributed by atoms with E-state index in [0.717, 1.165) is 4.47 Å². The van der Waals surface area contributed by atoms with Crippen molar-refractivity contribution >= 4 is 55.2 Å². The van der Waals surface area contributed by atoms with E-state index in [2.05, 4.69) is 47.8 Å². The smallest absolute Gasteiger partial charge is 0.319 e. The van der Waals surface area contributed by atoms with Crippen molar-refractivity contribution in [3.8, 4) is 0 Å². The lowest BCUT2D eigenvalue weighted by Crippen LogP contribution is -2.31. The van der Waals surface area contributed by atoms with Gasteiger partial charge >= 0.3 is 6.03 Å². The molecule has 0 atom stereocenters. The van der Waals surface area contributed by atoms with Gasteiger partial charge in [-0.05, 0) is 58.4 Å². The molecule has 2 aromatic rings. The average molecular weight is 459 g/mol. The van der Waals surface area contributed by atoms with Crippen LogP contribution < -0.4 is 16.0 Å². The van der Waals surface area contributed by atoms with Crippen LogP contribution in [0.1, 0.15) is 6.42 Å². The van der Waals surface area contributed by atoms with E-state index in [0.29, 0.717) is 15.8 Å². The lowest BCUT2D eigenvalue weighted by atomic mass is 10.3. The Kier molecular flexibility index (Phi) is 6.74. The van der Waals surface area contributed by atoms with Gasteiger partial charge in [-0.15, -0.1) is 0 Å². The molecule has 0 spiro atoms. The van der Waals surface area contributed by atoms with Gasteiger partial charge in [0.1, 0.15) is 5.82 Å². The Hall–Kier alpha value is -1.93. The van der Waals surface area contributed by atoms with E-state index in [1.165, 1.54) is 18.2 Å². The van der Waals surface area contributed by atoms with Crippen molar-refractivity contribution in [2.24, 2.45) is 0 Å². The van der Waals surface area contributed by atoms with Gasteiger partial charge in [-0.2, -0.15) is 0 Å². The fourth-order valence-electron chi connectivity index (χ4n) is 1.80. The van der Waals surface area contributed by atoms with Crippen molar-refractivity contribution in [1.29, 1.82) is 0 Å². The molecule has 2 rings (SSSR count). The summed E-state index contributed by atoms with van der Waals surface area (Å²) in [7, 11) is 0. The van der Waals surface area contributed by atoms with Crippen LogP contribution in [0.2, 0.25) is 0 Å². The molecule has 2 aromatic carbocycles. The Morgan fingerprint density at radius 1 is 1.00 bits per heavy atom. The van der Waals surface area contributed by atoms with Crippen LogP contribution in [0.15, 0.2) is 51.4 Å². The standard InChI is InChI=1S/C16H14Br2FN3O2/c17-10-1-4-12(5-2-10)21-16(24)20-8-7-15(23)22-14-6-3-11(19)9-13(14)18/h1-6,9H,7-8H2,(H,22,23)(H2,20,21,24). The molecule has 3 amide bonds. The van der Waals surface area contributed by atoms with Crippen molar-refractivity contribution in [3.63, 3.8) is 0 Å². The van der Waals surface area contributed by atoms with Crippen LogP contribution in [0.4, 0.5) is 20.6 Å². The molecule has 0 fully saturated rings. The monoisotopic (exact) mass is 457 g/mol. The molecule has 8 heteroatoms. The summed E-state index contributed by atoms with van der Waals surface area (Å²) >= 11 is 6.48. The topological polar surface area (TPSA) is 70.2 Å². The third-order valence-corrected chi connectivity index (χ3v) is 4.13. The first-order valence-corrected chi connectivity index (χ1v) is 8.58. The van der Waals surface area contributed by atoms with E-state index in [4.69, 9.17) is 0 Å². The van der Waals surface area contributed by atoms with Gasteiger partial charge < -0.3 is 16.0 Å². The maximum absolute atomic E-state index is 13.0. The summed E-state index contributed by atoms with van der Waals surface area (Å²) in [6, 6.07) is 10.7. The van der Waals surface area contributed by atoms with Gasteiger partial charge in [0.2, 0.25) is 5.91 Å². The molecule has 0 saturated heterocycles. The normalized spacial score (nSPS) is 10.1. The average Bonchev–Trinajstić information content (AvgIpc) is 2.52. The number of anilines is 2. The van der Waals surface area contributed by atoms with E-state index in [1.54, 1.807) is 12.1 Å². The van der Waals surface area contributed by atoms with Crippen LogP contribution >= 0.6 is 31.9 Å². The predicted octanol–water partition coefficient (Wildman–Crippen LogP) is 4.50. The van der Waals surface area contributed by atoms with Crippen molar-refractivity contribution in [3.05, 3.63) is 57.2 Å². The molecule has 0 aliphatic heterocycles. The number of carbonyl (C=O) groups is 2. The largest absolute Gasteiger partial charge is 0.337 e. The lowest BCUT2D eigenvalue weighted by Gasteiger charge is -2.09. The van der Waals surface area contributed by atoms with Crippen LogP contribution in [0, 0.1) is 5.82 Å². The van der Waals surface area contributed by atoms with E-state index in [9.17, 15) is 14.0 Å². The zero-order chi connectivity index (χ0) is 17.5. The summed E-state index contributed by atoms with van der Waals surface area (Å²) in [6.07, 6.45) is 0.0948. The second kappa shape index (κ2) is 8.79. The maximum atomic E-state index is 13.0. The molecule has 0 bridgehead atoms. The summed E-state index contributed by atoms with van der Waals surface area (Å²) in [6.45, 7) is 0.174. The highest BCUT2D eigenvalue weighted by Gasteiger charge is 2.07. The van der Waals surface area contributed by atoms with Gasteiger partial charge in [0.05, 0.1) is 5.69 Å². The second-order valence-corrected chi connectivity index (χ2v) is 6.58. The highest BCUT2D eigenvalue weighted by atomic mass is 79.9. The maximum Gasteiger partial charge on any atom is 0.319 e. The molecule has 0 aromatic heterocycles. The molecule has 0 aliphatic rings. The van der Waals surface area contributed by atoms with Crippen molar-refractivity contribution < 1.29 is 14.0 Å². The highest BCUT2D eigenvalue weighted by molar-refractivity contribution is 9.10. The number of urea groups is 1. The van der Waals surface area contributed by atoms with Gasteiger partial charge in [0.15, 0.2) is 0 Å². The molecule has 126 valence electrons. The molecule has 0 aliphatic carbocycles. The summed E-state index contributed by atoms with van der Waals surface area (Å²) in [5.74, 6) is -0.683. The van der Waals surface area contributed by atoms with E-state index in [-0.39, 0.29) is 18.9 Å². The van der Waals surface area contributed by atoms with Crippen LogP contribution in [0.5, 0.6) is 0 Å². The SMILES string of the molecule is O=C(CCNC(=O)Nc1ccc(Br)cc1)Nc1ccc(F)cc1Br. The highest BCUT2D eigenvalue weighted by Crippen LogP contribution is 2.23. The van der Waals surface area contributed by atoms with Gasteiger partial charge in [-0.1, -0.05) is 15.9 Å². The molecule has 0 heterocycles. The van der Waals surface area contributed by atoms with Crippen LogP contribution in [-0.2, 0) is 4.79 Å². The molecule has 24 heavy (non-hydrogen) atoms. The Balaban J connectivity index is 1.73. The number of carbonyl (C=O) groups excluding carboxylic acids is 2. The van der Waals surface area contributed by atoms with E-state index >= 15 is 0 Å². The van der Waals surface area contributed by atoms with Crippen molar-refractivity contribution in [2.75, 3.05) is 17.2 Å². The Labute approximate surface area is 155 Å². The second-order valence-electron chi connectivity index (χ2n) is 4.81. The number of nitrogens with one attached hydrogen (secondary N) is 3. The third kappa shape index (κ3) is 5.93. The molecule has 0 radical (unpaired) electrons. The van der Waals surface area contributed by atoms with E-state index in [1.807, 2.05) is 12.1 Å². The van der Waals surface area contributed by atoms with Crippen LogP contribution in [0.3, 0.4) is 0 Å². The number of halogens is 3. The molecule has 5 nitrogen and oxygen atoms in total. The first-order chi connectivity index (χ1) is 11.4. The molecule has 3 N–H and O–H groups in total. The minimum absolute atomic E-state index is 0.0948. The lowest BCUT2D eigenvalue weighted by molar-refractivity contribution is -0.116. The zero-order valence-corrected chi connectivity index (χ0v) is 15.6. The summed E-state index contributed by atoms with van der Waals surface area (Å²) in [4.78, 5) is 23.5. The molecule has 0 unspecified atom stereocenters. The number of hydrogen-bond donors (Lipinski definition) is 3. The summed E-state index contributed by atoms with van der Waals surface area (Å²) in [5.41, 5.74) is 1.12. The van der Waals surface area contributed by atoms with Gasteiger partial charge in [0, 0.05) is 27.6 Å². The molecule has 0 saturated carbocycles. The van der Waals surface area contributed by atoms with Crippen molar-refractivity contribution in [2.45, 2.75) is 6.42 Å². The zero-order valence-electron chi connectivity index (χ0n) is 12.4. The summed E-state index contributed by atoms with van der Waals surface area (Å²) in [5, 5.41) is 7.89. The van der Waals surface area contributed by atoms with Crippen LogP contribution in [0.25, 0.3) is 0 Å². The fraction of sp³-hybridized carbons (Fsp3) is 0.125. The number of rotatable bonds is 5. The molecular weight excluding hydrogens is 445 g/mol. The summed E-state index contributed by atoms with van der Waals surface area (Å²) < 4.78 is 14.3. The predicted molar refractivity (Wildman–Crippen MR) is 98.5 cm³/mol. The van der Waals surface area contributed by atoms with Gasteiger partial charge in [0.25, 0.3) is 0 Å². The minimum atomic E-state index is -0.397. The van der Waals surface area contributed by atoms with Crippen molar-refractivity contribution in [1.82, 2.24) is 5.32 Å². The first-order valence-electron chi connectivity index (χ1n) is 6.99. The van der Waals surface area contributed by atoms with Gasteiger partial charge in [-0.3, -0.25) is 4.79 Å². The number of hydrogen-bond acceptors (Lipinski definition) is 2. The number of benzene rings is 2. The Morgan fingerprint density at radius 3 is 2.38 bits per heavy atom. The third-order valence-electron chi connectivity index (χ3n) is 2.94. The molecular formula is C16H14Br2FN3O2. The van der Waals surface area contributed by atoms with Gasteiger partial charge in [-0.25, -0.2) is 9.18 Å². The Morgan fingerprint density at radius 2 is 1.71 bits per heavy atom. The first kappa shape index (κ1) is 18.4. The number of amides is 3. The fourth-order valence-corrected chi connectivity index (χ4v) is 2.52.